The van der Waals surface area contributed by atoms with E-state index in [4.69, 9.17) is 10.2 Å². The summed E-state index contributed by atoms with van der Waals surface area (Å²) in [6, 6.07) is -2.48. The number of aliphatic hydroxyl groups is 1. The number of nitrogens with one attached hydrogen (secondary N) is 2. The van der Waals surface area contributed by atoms with Gasteiger partial charge in [-0.1, -0.05) is 0 Å². The molecule has 9 nitrogen and oxygen atoms in total. The molecular weight excluding hydrogens is 242 g/mol. The Hall–Kier alpha value is -2.16. The first-order valence-electron chi connectivity index (χ1n) is 5.20. The molecule has 0 fully saturated rings. The second-order valence-corrected chi connectivity index (χ2v) is 3.71. The molecule has 0 spiro atoms. The van der Waals surface area contributed by atoms with E-state index < -0.39 is 30.7 Å². The van der Waals surface area contributed by atoms with Crippen molar-refractivity contribution in [3.8, 4) is 0 Å². The lowest BCUT2D eigenvalue weighted by molar-refractivity contribution is -0.140. The Morgan fingerprint density at radius 1 is 1.50 bits per heavy atom. The van der Waals surface area contributed by atoms with Gasteiger partial charge >= 0.3 is 12.0 Å². The van der Waals surface area contributed by atoms with Crippen LogP contribution in [0.3, 0.4) is 0 Å². The minimum Gasteiger partial charge on any atom is -0.480 e. The summed E-state index contributed by atoms with van der Waals surface area (Å²) in [5, 5.41) is 29.5. The normalized spacial score (nSPS) is 13.7. The average Bonchev–Trinajstić information content (AvgIpc) is 2.71. The lowest BCUT2D eigenvalue weighted by Crippen LogP contribution is -2.48. The molecule has 0 aliphatic rings. The lowest BCUT2D eigenvalue weighted by Gasteiger charge is -2.16. The van der Waals surface area contributed by atoms with Gasteiger partial charge in [0.05, 0.1) is 12.6 Å². The van der Waals surface area contributed by atoms with Crippen LogP contribution < -0.4 is 10.6 Å². The summed E-state index contributed by atoms with van der Waals surface area (Å²) in [4.78, 5) is 22.1. The van der Waals surface area contributed by atoms with Crippen LogP contribution in [-0.4, -0.2) is 49.6 Å². The summed E-state index contributed by atoms with van der Waals surface area (Å²) in [6.07, 6.45) is 1.49. The van der Waals surface area contributed by atoms with Gasteiger partial charge in [-0.3, -0.25) is 0 Å². The van der Waals surface area contributed by atoms with Crippen LogP contribution in [-0.2, 0) is 11.8 Å². The molecule has 2 amide bonds. The fraction of sp³-hybridized carbons (Fsp3) is 0.556. The lowest BCUT2D eigenvalue weighted by atomic mass is 10.3. The van der Waals surface area contributed by atoms with E-state index in [1.165, 1.54) is 6.33 Å². The Morgan fingerprint density at radius 2 is 2.17 bits per heavy atom. The highest BCUT2D eigenvalue weighted by molar-refractivity contribution is 5.82. The number of aromatic nitrogens is 3. The second-order valence-electron chi connectivity index (χ2n) is 3.71. The minimum atomic E-state index is -1.34. The highest BCUT2D eigenvalue weighted by atomic mass is 16.4. The first-order chi connectivity index (χ1) is 8.45. The van der Waals surface area contributed by atoms with Gasteiger partial charge in [-0.2, -0.15) is 0 Å². The van der Waals surface area contributed by atoms with Crippen molar-refractivity contribution in [3.05, 3.63) is 12.2 Å². The Balaban J connectivity index is 2.55. The molecule has 1 rings (SSSR count). The number of aryl methyl sites for hydroxylation is 1. The number of aliphatic carboxylic acids is 1. The third kappa shape index (κ3) is 3.42. The smallest absolute Gasteiger partial charge is 0.328 e. The standard InChI is InChI=1S/C9H15N5O4/c1-5(7-13-10-4-14(7)2)11-9(18)12-6(3-15)8(16)17/h4-6,15H,3H2,1-2H3,(H,16,17)(H2,11,12,18). The zero-order chi connectivity index (χ0) is 13.7. The predicted molar refractivity (Wildman–Crippen MR) is 59.6 cm³/mol. The van der Waals surface area contributed by atoms with Crippen molar-refractivity contribution in [3.63, 3.8) is 0 Å². The molecule has 0 aliphatic carbocycles. The quantitative estimate of drug-likeness (QED) is 0.514. The largest absolute Gasteiger partial charge is 0.480 e. The monoisotopic (exact) mass is 257 g/mol. The summed E-state index contributed by atoms with van der Waals surface area (Å²) in [7, 11) is 1.72. The molecule has 0 saturated heterocycles. The highest BCUT2D eigenvalue weighted by Crippen LogP contribution is 2.06. The van der Waals surface area contributed by atoms with E-state index in [2.05, 4.69) is 20.8 Å². The van der Waals surface area contributed by atoms with E-state index in [9.17, 15) is 9.59 Å². The zero-order valence-corrected chi connectivity index (χ0v) is 9.99. The molecule has 2 atom stereocenters. The second kappa shape index (κ2) is 5.96. The molecule has 9 heteroatoms. The van der Waals surface area contributed by atoms with Gasteiger partial charge in [-0.25, -0.2) is 9.59 Å². The van der Waals surface area contributed by atoms with Gasteiger partial charge in [0, 0.05) is 7.05 Å². The van der Waals surface area contributed by atoms with Crippen molar-refractivity contribution < 1.29 is 19.8 Å². The van der Waals surface area contributed by atoms with Crippen LogP contribution in [0, 0.1) is 0 Å². The predicted octanol–water partition coefficient (Wildman–Crippen LogP) is -1.38. The van der Waals surface area contributed by atoms with Gasteiger partial charge in [-0.05, 0) is 6.92 Å². The molecule has 18 heavy (non-hydrogen) atoms. The van der Waals surface area contributed by atoms with E-state index in [-0.39, 0.29) is 0 Å². The van der Waals surface area contributed by atoms with Crippen LogP contribution in [0.1, 0.15) is 18.8 Å². The van der Waals surface area contributed by atoms with Gasteiger partial charge in [-0.15, -0.1) is 10.2 Å². The zero-order valence-electron chi connectivity index (χ0n) is 9.99. The van der Waals surface area contributed by atoms with Crippen molar-refractivity contribution in [1.29, 1.82) is 0 Å². The summed E-state index contributed by atoms with van der Waals surface area (Å²) in [5.41, 5.74) is 0. The fourth-order valence-electron chi connectivity index (χ4n) is 1.33. The number of urea groups is 1. The van der Waals surface area contributed by atoms with Crippen LogP contribution in [0.5, 0.6) is 0 Å². The SMILES string of the molecule is CC(NC(=O)NC(CO)C(=O)O)c1nncn1C. The van der Waals surface area contributed by atoms with Crippen LogP contribution in [0.4, 0.5) is 4.79 Å². The van der Waals surface area contributed by atoms with Crippen molar-refractivity contribution >= 4 is 12.0 Å². The molecule has 1 aromatic rings. The van der Waals surface area contributed by atoms with E-state index >= 15 is 0 Å². The maximum atomic E-state index is 11.5. The average molecular weight is 257 g/mol. The molecule has 0 aliphatic heterocycles. The Kier molecular flexibility index (Phi) is 4.60. The van der Waals surface area contributed by atoms with Crippen LogP contribution in [0.15, 0.2) is 6.33 Å². The van der Waals surface area contributed by atoms with Crippen molar-refractivity contribution in [1.82, 2.24) is 25.4 Å². The van der Waals surface area contributed by atoms with Gasteiger partial charge < -0.3 is 25.4 Å². The highest BCUT2D eigenvalue weighted by Gasteiger charge is 2.20. The number of amides is 2. The number of hydrogen-bond donors (Lipinski definition) is 4. The summed E-state index contributed by atoms with van der Waals surface area (Å²) >= 11 is 0. The Morgan fingerprint density at radius 3 is 2.61 bits per heavy atom. The Bertz CT molecular complexity index is 432. The molecule has 1 heterocycles. The molecular formula is C9H15N5O4. The van der Waals surface area contributed by atoms with Gasteiger partial charge in [0.25, 0.3) is 0 Å². The summed E-state index contributed by atoms with van der Waals surface area (Å²) in [5.74, 6) is -0.778. The first-order valence-corrected chi connectivity index (χ1v) is 5.20. The summed E-state index contributed by atoms with van der Waals surface area (Å²) < 4.78 is 1.63. The number of hydrogen-bond acceptors (Lipinski definition) is 5. The first kappa shape index (κ1) is 13.9. The van der Waals surface area contributed by atoms with E-state index in [1.54, 1.807) is 18.5 Å². The van der Waals surface area contributed by atoms with Gasteiger partial charge in [0.2, 0.25) is 0 Å². The molecule has 1 aromatic heterocycles. The number of nitrogens with zero attached hydrogens (tertiary/aromatic N) is 3. The van der Waals surface area contributed by atoms with Crippen molar-refractivity contribution in [2.75, 3.05) is 6.61 Å². The number of carboxylic acids is 1. The van der Waals surface area contributed by atoms with Gasteiger partial charge in [0.1, 0.15) is 6.33 Å². The number of aliphatic hydroxyl groups excluding tert-OH is 1. The number of carbonyl (C=O) groups excluding carboxylic acids is 1. The summed E-state index contributed by atoms with van der Waals surface area (Å²) in [6.45, 7) is 0.999. The molecule has 100 valence electrons. The van der Waals surface area contributed by atoms with Crippen LogP contribution >= 0.6 is 0 Å². The molecule has 0 radical (unpaired) electrons. The van der Waals surface area contributed by atoms with Crippen LogP contribution in [0.2, 0.25) is 0 Å². The fourth-order valence-corrected chi connectivity index (χ4v) is 1.33. The molecule has 0 aromatic carbocycles. The van der Waals surface area contributed by atoms with Crippen molar-refractivity contribution in [2.24, 2.45) is 7.05 Å². The minimum absolute atomic E-state index is 0.439. The third-order valence-corrected chi connectivity index (χ3v) is 2.27. The number of carbonyl (C=O) groups is 2. The molecule has 2 unspecified atom stereocenters. The van der Waals surface area contributed by atoms with Crippen LogP contribution in [0.25, 0.3) is 0 Å². The maximum absolute atomic E-state index is 11.5. The van der Waals surface area contributed by atoms with Crippen molar-refractivity contribution in [2.45, 2.75) is 19.0 Å². The Labute approximate surface area is 103 Å². The molecule has 4 N–H and O–H groups in total. The molecule has 0 bridgehead atoms. The number of carboxylic acid groups (broad SMARTS) is 1. The maximum Gasteiger partial charge on any atom is 0.328 e. The number of rotatable bonds is 5. The topological polar surface area (TPSA) is 129 Å². The van der Waals surface area contributed by atoms with Gasteiger partial charge in [0.15, 0.2) is 11.9 Å². The van der Waals surface area contributed by atoms with E-state index in [0.717, 1.165) is 0 Å². The molecule has 0 saturated carbocycles. The van der Waals surface area contributed by atoms with E-state index in [0.29, 0.717) is 5.82 Å². The van der Waals surface area contributed by atoms with E-state index in [1.807, 2.05) is 0 Å². The third-order valence-electron chi connectivity index (χ3n) is 2.27.